The van der Waals surface area contributed by atoms with Gasteiger partial charge in [0.15, 0.2) is 11.5 Å². The summed E-state index contributed by atoms with van der Waals surface area (Å²) in [5.74, 6) is 0.843. The van der Waals surface area contributed by atoms with Crippen molar-refractivity contribution in [1.82, 2.24) is 5.32 Å². The standard InChI is InChI=1S/C20H26N2O4S/c1-14(18(17-8-5-13-27-17)22-9-11-26-12-10-22)21-20(23)15-6-4-7-16(24-2)19(15)25-3/h4-8,13-14,18H,9-12H2,1-3H3,(H,21,23)/p+1/t14-,18-/m1/s1. The zero-order chi connectivity index (χ0) is 19.2. The Morgan fingerprint density at radius 3 is 2.59 bits per heavy atom. The number of methoxy groups -OCH3 is 2. The lowest BCUT2D eigenvalue weighted by atomic mass is 10.0. The van der Waals surface area contributed by atoms with E-state index in [1.54, 1.807) is 43.8 Å². The number of thiophene rings is 1. The van der Waals surface area contributed by atoms with Crippen molar-refractivity contribution in [2.45, 2.75) is 19.0 Å². The van der Waals surface area contributed by atoms with Gasteiger partial charge in [0.25, 0.3) is 5.91 Å². The molecule has 1 aliphatic rings. The molecule has 2 aromatic rings. The Labute approximate surface area is 164 Å². The van der Waals surface area contributed by atoms with Crippen molar-refractivity contribution in [3.05, 3.63) is 46.2 Å². The average molecular weight is 392 g/mol. The van der Waals surface area contributed by atoms with E-state index in [9.17, 15) is 4.79 Å². The van der Waals surface area contributed by atoms with Crippen LogP contribution in [0, 0.1) is 0 Å². The normalized spacial score (nSPS) is 17.1. The predicted molar refractivity (Wildman–Crippen MR) is 105 cm³/mol. The van der Waals surface area contributed by atoms with Gasteiger partial charge in [0, 0.05) is 0 Å². The summed E-state index contributed by atoms with van der Waals surface area (Å²) < 4.78 is 16.2. The Morgan fingerprint density at radius 1 is 1.19 bits per heavy atom. The first kappa shape index (κ1) is 19.7. The van der Waals surface area contributed by atoms with Crippen molar-refractivity contribution in [3.8, 4) is 11.5 Å². The minimum absolute atomic E-state index is 0.0415. The number of carbonyl (C=O) groups is 1. The number of rotatable bonds is 7. The van der Waals surface area contributed by atoms with Gasteiger partial charge in [-0.3, -0.25) is 4.79 Å². The highest BCUT2D eigenvalue weighted by molar-refractivity contribution is 7.10. The van der Waals surface area contributed by atoms with Crippen LogP contribution in [0.1, 0.15) is 28.2 Å². The fraction of sp³-hybridized carbons (Fsp3) is 0.450. The summed E-state index contributed by atoms with van der Waals surface area (Å²) in [6.07, 6.45) is 0. The highest BCUT2D eigenvalue weighted by atomic mass is 32.1. The fourth-order valence-corrected chi connectivity index (χ4v) is 4.64. The molecule has 1 saturated heterocycles. The van der Waals surface area contributed by atoms with Gasteiger partial charge in [-0.25, -0.2) is 0 Å². The van der Waals surface area contributed by atoms with Crippen molar-refractivity contribution >= 4 is 17.2 Å². The lowest BCUT2D eigenvalue weighted by Crippen LogP contribution is -3.15. The Morgan fingerprint density at radius 2 is 1.96 bits per heavy atom. The van der Waals surface area contributed by atoms with Gasteiger partial charge in [-0.15, -0.1) is 11.3 Å². The number of benzene rings is 1. The topological polar surface area (TPSA) is 61.2 Å². The molecule has 1 aromatic carbocycles. The van der Waals surface area contributed by atoms with Crippen molar-refractivity contribution in [3.63, 3.8) is 0 Å². The summed E-state index contributed by atoms with van der Waals surface area (Å²) in [4.78, 5) is 15.7. The number of hydrogen-bond donors (Lipinski definition) is 2. The first-order chi connectivity index (χ1) is 13.2. The van der Waals surface area contributed by atoms with Crippen LogP contribution in [-0.4, -0.2) is 52.5 Å². The second kappa shape index (κ2) is 9.21. The molecule has 27 heavy (non-hydrogen) atoms. The van der Waals surface area contributed by atoms with E-state index in [1.165, 1.54) is 9.78 Å². The number of morpholine rings is 1. The Hall–Kier alpha value is -2.09. The number of nitrogens with one attached hydrogen (secondary N) is 2. The lowest BCUT2D eigenvalue weighted by molar-refractivity contribution is -0.939. The van der Waals surface area contributed by atoms with E-state index < -0.39 is 0 Å². The molecule has 0 spiro atoms. The fourth-order valence-electron chi connectivity index (χ4n) is 3.65. The Balaban J connectivity index is 1.81. The molecule has 0 bridgehead atoms. The molecule has 1 aliphatic heterocycles. The second-order valence-corrected chi connectivity index (χ2v) is 7.55. The van der Waals surface area contributed by atoms with Gasteiger partial charge in [-0.05, 0) is 30.5 Å². The zero-order valence-electron chi connectivity index (χ0n) is 16.0. The van der Waals surface area contributed by atoms with E-state index in [-0.39, 0.29) is 18.0 Å². The average Bonchev–Trinajstić information content (AvgIpc) is 3.22. The van der Waals surface area contributed by atoms with Crippen LogP contribution in [0.3, 0.4) is 0 Å². The number of carbonyl (C=O) groups excluding carboxylic acids is 1. The van der Waals surface area contributed by atoms with Crippen LogP contribution in [-0.2, 0) is 4.74 Å². The second-order valence-electron chi connectivity index (χ2n) is 6.57. The van der Waals surface area contributed by atoms with Crippen LogP contribution in [0.5, 0.6) is 11.5 Å². The maximum Gasteiger partial charge on any atom is 0.255 e. The molecular formula is C20H27N2O4S+. The number of quaternary nitrogens is 1. The highest BCUT2D eigenvalue weighted by Crippen LogP contribution is 2.31. The van der Waals surface area contributed by atoms with Gasteiger partial charge in [-0.2, -0.15) is 0 Å². The highest BCUT2D eigenvalue weighted by Gasteiger charge is 2.33. The number of hydrogen-bond acceptors (Lipinski definition) is 5. The first-order valence-corrected chi connectivity index (χ1v) is 10.0. The van der Waals surface area contributed by atoms with E-state index in [4.69, 9.17) is 14.2 Å². The number of ether oxygens (including phenoxy) is 3. The maximum absolute atomic E-state index is 13.0. The molecule has 6 nitrogen and oxygen atoms in total. The molecule has 2 heterocycles. The minimum atomic E-state index is -0.160. The number of para-hydroxylation sites is 1. The SMILES string of the molecule is COc1cccc(C(=O)N[C@H](C)[C@H](c2cccs2)[NH+]2CCOCC2)c1OC. The minimum Gasteiger partial charge on any atom is -0.493 e. The molecule has 1 fully saturated rings. The van der Waals surface area contributed by atoms with Crippen LogP contribution >= 0.6 is 11.3 Å². The molecule has 2 atom stereocenters. The van der Waals surface area contributed by atoms with Gasteiger partial charge in [-0.1, -0.05) is 12.1 Å². The van der Waals surface area contributed by atoms with E-state index in [2.05, 4.69) is 29.8 Å². The van der Waals surface area contributed by atoms with Gasteiger partial charge < -0.3 is 24.4 Å². The number of amides is 1. The third-order valence-electron chi connectivity index (χ3n) is 4.93. The molecule has 0 radical (unpaired) electrons. The molecule has 146 valence electrons. The van der Waals surface area contributed by atoms with Crippen molar-refractivity contribution < 1.29 is 23.9 Å². The van der Waals surface area contributed by atoms with Gasteiger partial charge >= 0.3 is 0 Å². The summed E-state index contributed by atoms with van der Waals surface area (Å²) in [6, 6.07) is 9.69. The summed E-state index contributed by atoms with van der Waals surface area (Å²) in [6.45, 7) is 5.44. The molecule has 0 aliphatic carbocycles. The van der Waals surface area contributed by atoms with Crippen LogP contribution in [0.4, 0.5) is 0 Å². The van der Waals surface area contributed by atoms with Crippen molar-refractivity contribution in [1.29, 1.82) is 0 Å². The monoisotopic (exact) mass is 391 g/mol. The third kappa shape index (κ3) is 4.43. The van der Waals surface area contributed by atoms with E-state index in [1.807, 2.05) is 0 Å². The lowest BCUT2D eigenvalue weighted by Gasteiger charge is -2.34. The van der Waals surface area contributed by atoms with E-state index in [0.29, 0.717) is 17.1 Å². The smallest absolute Gasteiger partial charge is 0.255 e. The predicted octanol–water partition coefficient (Wildman–Crippen LogP) is 1.54. The van der Waals surface area contributed by atoms with E-state index in [0.717, 1.165) is 26.3 Å². The molecule has 3 rings (SSSR count). The van der Waals surface area contributed by atoms with Crippen molar-refractivity contribution in [2.75, 3.05) is 40.5 Å². The van der Waals surface area contributed by atoms with Crippen LogP contribution in [0.25, 0.3) is 0 Å². The first-order valence-electron chi connectivity index (χ1n) is 9.13. The maximum atomic E-state index is 13.0. The zero-order valence-corrected chi connectivity index (χ0v) is 16.8. The molecule has 2 N–H and O–H groups in total. The molecule has 1 amide bonds. The molecule has 7 heteroatoms. The van der Waals surface area contributed by atoms with Gasteiger partial charge in [0.05, 0.1) is 43.9 Å². The van der Waals surface area contributed by atoms with Gasteiger partial charge in [0.1, 0.15) is 19.1 Å². The van der Waals surface area contributed by atoms with Crippen LogP contribution < -0.4 is 19.7 Å². The Bertz CT molecular complexity index is 744. The summed E-state index contributed by atoms with van der Waals surface area (Å²) in [5.41, 5.74) is 0.477. The Kier molecular flexibility index (Phi) is 6.71. The van der Waals surface area contributed by atoms with E-state index >= 15 is 0 Å². The molecule has 0 saturated carbocycles. The molecule has 1 aromatic heterocycles. The molecule has 0 unspecified atom stereocenters. The van der Waals surface area contributed by atoms with Crippen LogP contribution in [0.2, 0.25) is 0 Å². The van der Waals surface area contributed by atoms with Crippen molar-refractivity contribution in [2.24, 2.45) is 0 Å². The van der Waals surface area contributed by atoms with Gasteiger partial charge in [0.2, 0.25) is 0 Å². The molecular weight excluding hydrogens is 364 g/mol. The largest absolute Gasteiger partial charge is 0.493 e. The quantitative estimate of drug-likeness (QED) is 0.752. The summed E-state index contributed by atoms with van der Waals surface area (Å²) in [7, 11) is 3.11. The third-order valence-corrected chi connectivity index (χ3v) is 5.89. The summed E-state index contributed by atoms with van der Waals surface area (Å²) >= 11 is 1.73. The summed E-state index contributed by atoms with van der Waals surface area (Å²) in [5, 5.41) is 5.26. The van der Waals surface area contributed by atoms with Crippen LogP contribution in [0.15, 0.2) is 35.7 Å².